The molecule has 2 aromatic rings. The monoisotopic (exact) mass is 315 g/mol. The number of benzene rings is 1. The van der Waals surface area contributed by atoms with Crippen LogP contribution in [0.15, 0.2) is 23.0 Å². The highest BCUT2D eigenvalue weighted by Crippen LogP contribution is 2.27. The molecule has 0 aliphatic carbocycles. The molecule has 1 aromatic carbocycles. The lowest BCUT2D eigenvalue weighted by atomic mass is 9.97. The molecule has 0 amide bonds. The fraction of sp³-hybridized carbons (Fsp3) is 0.471. The van der Waals surface area contributed by atoms with Crippen LogP contribution in [-0.2, 0) is 19.4 Å². The molecule has 124 valence electrons. The summed E-state index contributed by atoms with van der Waals surface area (Å²) in [6, 6.07) is 6.26. The van der Waals surface area contributed by atoms with Crippen LogP contribution in [0.2, 0.25) is 0 Å². The number of rotatable bonds is 7. The molecule has 0 bridgehead atoms. The number of anilines is 1. The van der Waals surface area contributed by atoms with Crippen molar-refractivity contribution >= 4 is 5.95 Å². The maximum atomic E-state index is 12.4. The maximum absolute atomic E-state index is 12.4. The Morgan fingerprint density at radius 3 is 2.22 bits per heavy atom. The van der Waals surface area contributed by atoms with E-state index < -0.39 is 0 Å². The smallest absolute Gasteiger partial charge is 0.289 e. The number of hydrogen-bond acceptors (Lipinski definition) is 5. The van der Waals surface area contributed by atoms with Gasteiger partial charge in [0.15, 0.2) is 0 Å². The van der Waals surface area contributed by atoms with Crippen molar-refractivity contribution in [3.8, 4) is 11.4 Å². The third-order valence-electron chi connectivity index (χ3n) is 3.82. The number of hydrogen-bond donors (Lipinski definition) is 2. The average Bonchev–Trinajstić information content (AvgIpc) is 2.58. The van der Waals surface area contributed by atoms with Crippen LogP contribution in [0.3, 0.4) is 0 Å². The predicted octanol–water partition coefficient (Wildman–Crippen LogP) is 2.39. The zero-order valence-electron chi connectivity index (χ0n) is 14.3. The summed E-state index contributed by atoms with van der Waals surface area (Å²) in [5.74, 6) is 0.992. The zero-order chi connectivity index (χ0) is 16.8. The zero-order valence-corrected chi connectivity index (χ0v) is 14.3. The molecule has 0 aliphatic rings. The van der Waals surface area contributed by atoms with Gasteiger partial charge >= 0.3 is 5.69 Å². The molecule has 0 saturated heterocycles. The van der Waals surface area contributed by atoms with E-state index in [1.54, 1.807) is 4.57 Å². The second-order valence-electron chi connectivity index (χ2n) is 5.21. The minimum absolute atomic E-state index is 0.286. The summed E-state index contributed by atoms with van der Waals surface area (Å²) in [5, 5.41) is 0. The highest BCUT2D eigenvalue weighted by Gasteiger charge is 2.16. The molecule has 2 N–H and O–H groups in total. The fourth-order valence-electron chi connectivity index (χ4n) is 2.66. The Hall–Kier alpha value is -2.21. The first-order chi connectivity index (χ1) is 11.2. The van der Waals surface area contributed by atoms with Gasteiger partial charge in [-0.2, -0.15) is 9.97 Å². The van der Waals surface area contributed by atoms with Gasteiger partial charge in [-0.25, -0.2) is 10.2 Å². The molecule has 2 rings (SSSR count). The van der Waals surface area contributed by atoms with Gasteiger partial charge in [-0.1, -0.05) is 39.0 Å². The van der Waals surface area contributed by atoms with E-state index in [0.717, 1.165) is 18.4 Å². The van der Waals surface area contributed by atoms with Gasteiger partial charge in [0.05, 0.1) is 0 Å². The molecule has 0 aliphatic heterocycles. The lowest BCUT2D eigenvalue weighted by molar-refractivity contribution is 0.680. The summed E-state index contributed by atoms with van der Waals surface area (Å²) in [7, 11) is 0. The van der Waals surface area contributed by atoms with Crippen LogP contribution < -0.4 is 16.5 Å². The van der Waals surface area contributed by atoms with Crippen molar-refractivity contribution in [2.75, 3.05) is 12.0 Å². The Morgan fingerprint density at radius 1 is 1.04 bits per heavy atom. The van der Waals surface area contributed by atoms with Crippen molar-refractivity contribution in [3.63, 3.8) is 0 Å². The molecule has 0 saturated carbocycles. The van der Waals surface area contributed by atoms with Crippen molar-refractivity contribution in [1.29, 1.82) is 0 Å². The third-order valence-corrected chi connectivity index (χ3v) is 3.82. The number of nitrogens with zero attached hydrogens (tertiary/aromatic N) is 3. The summed E-state index contributed by atoms with van der Waals surface area (Å²) in [6.45, 7) is 9.38. The highest BCUT2D eigenvalue weighted by atomic mass is 16.1. The van der Waals surface area contributed by atoms with Gasteiger partial charge in [0.1, 0.15) is 5.82 Å². The summed E-state index contributed by atoms with van der Waals surface area (Å²) < 4.78 is 1.63. The van der Waals surface area contributed by atoms with Gasteiger partial charge < -0.3 is 0 Å². The molecule has 0 radical (unpaired) electrons. The first-order valence-electron chi connectivity index (χ1n) is 8.25. The van der Waals surface area contributed by atoms with E-state index in [2.05, 4.69) is 52.9 Å². The first kappa shape index (κ1) is 17.1. The number of hydrazine groups is 1. The molecule has 0 fully saturated rings. The third kappa shape index (κ3) is 3.59. The summed E-state index contributed by atoms with van der Waals surface area (Å²) in [5.41, 5.74) is 8.98. The average molecular weight is 315 g/mol. The van der Waals surface area contributed by atoms with Crippen molar-refractivity contribution < 1.29 is 0 Å². The van der Waals surface area contributed by atoms with Crippen molar-refractivity contribution in [3.05, 3.63) is 39.8 Å². The molecule has 6 heteroatoms. The lowest BCUT2D eigenvalue weighted by Gasteiger charge is -2.17. The summed E-state index contributed by atoms with van der Waals surface area (Å²) in [6.07, 6.45) is 1.78. The van der Waals surface area contributed by atoms with Crippen LogP contribution in [0, 0.1) is 0 Å². The molecular formula is C17H25N5O. The normalized spacial score (nSPS) is 10.8. The van der Waals surface area contributed by atoms with Crippen molar-refractivity contribution in [2.24, 2.45) is 0 Å². The van der Waals surface area contributed by atoms with E-state index in [9.17, 15) is 4.79 Å². The number of aromatic nitrogens is 3. The Labute approximate surface area is 137 Å². The van der Waals surface area contributed by atoms with E-state index in [1.807, 2.05) is 13.8 Å². The molecule has 0 atom stereocenters. The number of nitrogens with one attached hydrogen (secondary N) is 2. The van der Waals surface area contributed by atoms with Crippen molar-refractivity contribution in [1.82, 2.24) is 20.0 Å². The topological polar surface area (TPSA) is 71.8 Å². The lowest BCUT2D eigenvalue weighted by Crippen LogP contribution is -2.30. The minimum atomic E-state index is -0.286. The van der Waals surface area contributed by atoms with Gasteiger partial charge in [0.25, 0.3) is 0 Å². The first-order valence-corrected chi connectivity index (χ1v) is 8.25. The van der Waals surface area contributed by atoms with E-state index in [4.69, 9.17) is 0 Å². The van der Waals surface area contributed by atoms with E-state index in [-0.39, 0.29) is 5.69 Å². The molecule has 23 heavy (non-hydrogen) atoms. The van der Waals surface area contributed by atoms with Crippen molar-refractivity contribution in [2.45, 2.75) is 47.1 Å². The largest absolute Gasteiger partial charge is 0.352 e. The second-order valence-corrected chi connectivity index (χ2v) is 5.21. The predicted molar refractivity (Wildman–Crippen MR) is 93.5 cm³/mol. The quantitative estimate of drug-likeness (QED) is 0.768. The second kappa shape index (κ2) is 7.87. The Kier molecular flexibility index (Phi) is 5.87. The Bertz CT molecular complexity index is 701. The fourth-order valence-corrected chi connectivity index (χ4v) is 2.66. The molecule has 1 heterocycles. The summed E-state index contributed by atoms with van der Waals surface area (Å²) >= 11 is 0. The Balaban J connectivity index is 2.71. The molecule has 0 spiro atoms. The van der Waals surface area contributed by atoms with Gasteiger partial charge in [0, 0.05) is 18.7 Å². The molecule has 0 unspecified atom stereocenters. The van der Waals surface area contributed by atoms with Crippen LogP contribution in [-0.4, -0.2) is 21.1 Å². The number of aryl methyl sites for hydroxylation is 2. The van der Waals surface area contributed by atoms with Crippen LogP contribution in [0.1, 0.15) is 38.8 Å². The van der Waals surface area contributed by atoms with Crippen LogP contribution in [0.25, 0.3) is 11.4 Å². The van der Waals surface area contributed by atoms with Gasteiger partial charge in [0.2, 0.25) is 5.95 Å². The Morgan fingerprint density at radius 2 is 1.70 bits per heavy atom. The van der Waals surface area contributed by atoms with Crippen LogP contribution in [0.5, 0.6) is 0 Å². The summed E-state index contributed by atoms with van der Waals surface area (Å²) in [4.78, 5) is 21.0. The van der Waals surface area contributed by atoms with Gasteiger partial charge in [-0.3, -0.25) is 9.99 Å². The standard InChI is InChI=1S/C17H25N5O/c1-5-12-10-9-11-13(6-2)14(12)15-19-16(21-18-7-3)20-17(23)22(15)8-4/h9-11,18H,5-8H2,1-4H3,(H,20,21,23). The van der Waals surface area contributed by atoms with E-state index >= 15 is 0 Å². The van der Waals surface area contributed by atoms with Crippen LogP contribution in [0.4, 0.5) is 5.95 Å². The maximum Gasteiger partial charge on any atom is 0.352 e. The molecular weight excluding hydrogens is 290 g/mol. The highest BCUT2D eigenvalue weighted by molar-refractivity contribution is 5.66. The van der Waals surface area contributed by atoms with E-state index in [0.29, 0.717) is 24.9 Å². The molecule has 6 nitrogen and oxygen atoms in total. The van der Waals surface area contributed by atoms with Gasteiger partial charge in [-0.15, -0.1) is 0 Å². The minimum Gasteiger partial charge on any atom is -0.289 e. The van der Waals surface area contributed by atoms with Crippen LogP contribution >= 0.6 is 0 Å². The molecule has 1 aromatic heterocycles. The van der Waals surface area contributed by atoms with Gasteiger partial charge in [-0.05, 0) is 30.9 Å². The SMILES string of the molecule is CCNNc1nc(-c2c(CC)cccc2CC)n(CC)c(=O)n1. The van der Waals surface area contributed by atoms with E-state index in [1.165, 1.54) is 11.1 Å².